The number of carbonyl (C=O) groups is 1. The number of hydrogen-bond acceptors (Lipinski definition) is 7. The van der Waals surface area contributed by atoms with Crippen molar-refractivity contribution < 1.29 is 14.3 Å². The van der Waals surface area contributed by atoms with Crippen molar-refractivity contribution in [3.63, 3.8) is 0 Å². The molecule has 3 N–H and O–H groups in total. The van der Waals surface area contributed by atoms with Gasteiger partial charge in [-0.2, -0.15) is 0 Å². The third-order valence-corrected chi connectivity index (χ3v) is 4.84. The predicted octanol–water partition coefficient (Wildman–Crippen LogP) is 3.29. The Morgan fingerprint density at radius 2 is 1.83 bits per heavy atom. The molecule has 0 spiro atoms. The maximum atomic E-state index is 12.2. The van der Waals surface area contributed by atoms with E-state index >= 15 is 0 Å². The van der Waals surface area contributed by atoms with Crippen molar-refractivity contribution in [2.45, 2.75) is 32.7 Å². The average molecular weight is 411 g/mol. The zero-order valence-electron chi connectivity index (χ0n) is 17.4. The molecule has 0 radical (unpaired) electrons. The highest BCUT2D eigenvalue weighted by atomic mass is 16.3. The fourth-order valence-corrected chi connectivity index (χ4v) is 3.23. The zero-order chi connectivity index (χ0) is 22.0. The summed E-state index contributed by atoms with van der Waals surface area (Å²) in [6.45, 7) is 3.85. The second-order valence-electron chi connectivity index (χ2n) is 7.37. The fourth-order valence-electron chi connectivity index (χ4n) is 3.23. The third kappa shape index (κ3) is 3.94. The number of anilines is 3. The molecule has 2 aromatic carbocycles. The van der Waals surface area contributed by atoms with Gasteiger partial charge < -0.3 is 25.1 Å². The zero-order valence-corrected chi connectivity index (χ0v) is 17.4. The minimum Gasteiger partial charge on any atom is -0.505 e. The van der Waals surface area contributed by atoms with Crippen LogP contribution in [0.3, 0.4) is 0 Å². The number of rotatable bonds is 8. The van der Waals surface area contributed by atoms with Gasteiger partial charge in [0.2, 0.25) is 0 Å². The summed E-state index contributed by atoms with van der Waals surface area (Å²) in [7, 11) is 3.15. The second-order valence-corrected chi connectivity index (χ2v) is 7.37. The molecule has 30 heavy (non-hydrogen) atoms. The number of nitrogens with zero attached hydrogens (tertiary/aromatic N) is 1. The number of amides is 1. The first-order chi connectivity index (χ1) is 14.2. The van der Waals surface area contributed by atoms with E-state index in [1.807, 2.05) is 26.0 Å². The van der Waals surface area contributed by atoms with Gasteiger partial charge >= 0.3 is 0 Å². The van der Waals surface area contributed by atoms with Crippen LogP contribution in [0.1, 0.15) is 47.7 Å². The summed E-state index contributed by atoms with van der Waals surface area (Å²) in [5.41, 5.74) is -0.883. The van der Waals surface area contributed by atoms with E-state index in [0.29, 0.717) is 12.2 Å². The van der Waals surface area contributed by atoms with Gasteiger partial charge in [0.15, 0.2) is 5.75 Å². The summed E-state index contributed by atoms with van der Waals surface area (Å²) in [5.74, 6) is 0.760. The standard InChI is InChI=1S/C22H25N3O5/c1-5-7-14(16-11-10-12(2)30-16)23-17-18(21(28)20(17)27)24-15-9-6-8-13(19(15)26)22(29)25(3)4/h6,8-11,14,23-24,26H,5,7H2,1-4H3/t14-/m1/s1. The Hall–Kier alpha value is -3.55. The summed E-state index contributed by atoms with van der Waals surface area (Å²) in [6, 6.07) is 8.00. The molecule has 1 atom stereocenters. The number of aryl methyl sites for hydroxylation is 1. The number of nitrogens with one attached hydrogen (secondary N) is 2. The molecule has 0 aliphatic rings. The van der Waals surface area contributed by atoms with Crippen LogP contribution in [0.25, 0.3) is 0 Å². The molecule has 158 valence electrons. The summed E-state index contributed by atoms with van der Waals surface area (Å²) in [5, 5.41) is 16.4. The highest BCUT2D eigenvalue weighted by molar-refractivity contribution is 5.99. The molecule has 0 saturated carbocycles. The van der Waals surface area contributed by atoms with Crippen molar-refractivity contribution in [2.75, 3.05) is 24.7 Å². The molecule has 0 aliphatic carbocycles. The molecule has 8 heteroatoms. The quantitative estimate of drug-likeness (QED) is 0.385. The number of para-hydroxylation sites is 1. The first kappa shape index (κ1) is 21.2. The Balaban J connectivity index is 1.91. The molecule has 0 aliphatic heterocycles. The third-order valence-electron chi connectivity index (χ3n) is 4.84. The van der Waals surface area contributed by atoms with Crippen molar-refractivity contribution in [2.24, 2.45) is 0 Å². The lowest BCUT2D eigenvalue weighted by Crippen LogP contribution is -2.37. The Bertz CT molecular complexity index is 1140. The maximum Gasteiger partial charge on any atom is 0.257 e. The molecule has 1 heterocycles. The number of furan rings is 1. The number of benzene rings is 1. The van der Waals surface area contributed by atoms with Crippen LogP contribution >= 0.6 is 0 Å². The van der Waals surface area contributed by atoms with Crippen LogP contribution in [0.15, 0.2) is 44.3 Å². The monoisotopic (exact) mass is 411 g/mol. The Labute approximate surface area is 173 Å². The number of phenolic OH excluding ortho intramolecular Hbond substituents is 1. The van der Waals surface area contributed by atoms with Gasteiger partial charge in [0.05, 0.1) is 17.3 Å². The van der Waals surface area contributed by atoms with E-state index < -0.39 is 10.9 Å². The molecule has 1 aromatic heterocycles. The van der Waals surface area contributed by atoms with E-state index in [2.05, 4.69) is 10.6 Å². The molecule has 1 amide bonds. The van der Waals surface area contributed by atoms with Crippen LogP contribution in [0.4, 0.5) is 17.1 Å². The van der Waals surface area contributed by atoms with Gasteiger partial charge in [-0.05, 0) is 37.6 Å². The van der Waals surface area contributed by atoms with E-state index in [-0.39, 0.29) is 40.3 Å². The lowest BCUT2D eigenvalue weighted by Gasteiger charge is -2.21. The van der Waals surface area contributed by atoms with E-state index in [9.17, 15) is 19.5 Å². The molecule has 0 saturated heterocycles. The summed E-state index contributed by atoms with van der Waals surface area (Å²) in [4.78, 5) is 38.0. The minimum atomic E-state index is -0.688. The smallest absolute Gasteiger partial charge is 0.257 e. The van der Waals surface area contributed by atoms with Gasteiger partial charge in [-0.1, -0.05) is 19.4 Å². The van der Waals surface area contributed by atoms with Crippen LogP contribution in [-0.4, -0.2) is 30.0 Å². The lowest BCUT2D eigenvalue weighted by atomic mass is 10.1. The Kier molecular flexibility index (Phi) is 5.96. The van der Waals surface area contributed by atoms with Gasteiger partial charge in [0.25, 0.3) is 16.8 Å². The van der Waals surface area contributed by atoms with Gasteiger partial charge in [-0.25, -0.2) is 0 Å². The maximum absolute atomic E-state index is 12.2. The average Bonchev–Trinajstić information content (AvgIpc) is 3.16. The van der Waals surface area contributed by atoms with E-state index in [0.717, 1.165) is 12.2 Å². The van der Waals surface area contributed by atoms with Crippen LogP contribution in [0, 0.1) is 6.92 Å². The van der Waals surface area contributed by atoms with Crippen LogP contribution in [0.2, 0.25) is 0 Å². The number of phenols is 1. The molecular formula is C22H25N3O5. The summed E-state index contributed by atoms with van der Waals surface area (Å²) < 4.78 is 5.68. The van der Waals surface area contributed by atoms with Crippen molar-refractivity contribution in [1.82, 2.24) is 4.90 Å². The Morgan fingerprint density at radius 3 is 2.43 bits per heavy atom. The van der Waals surface area contributed by atoms with Gasteiger partial charge in [-0.15, -0.1) is 0 Å². The number of hydrogen-bond donors (Lipinski definition) is 3. The predicted molar refractivity (Wildman–Crippen MR) is 115 cm³/mol. The molecule has 3 rings (SSSR count). The van der Waals surface area contributed by atoms with Gasteiger partial charge in [-0.3, -0.25) is 14.4 Å². The van der Waals surface area contributed by atoms with Crippen LogP contribution in [0.5, 0.6) is 5.75 Å². The topological polar surface area (TPSA) is 112 Å². The second kappa shape index (κ2) is 8.44. The first-order valence-corrected chi connectivity index (χ1v) is 9.71. The van der Waals surface area contributed by atoms with Crippen molar-refractivity contribution in [3.8, 4) is 5.75 Å². The molecule has 0 unspecified atom stereocenters. The highest BCUT2D eigenvalue weighted by Crippen LogP contribution is 2.33. The van der Waals surface area contributed by atoms with Gasteiger partial charge in [0, 0.05) is 14.1 Å². The summed E-state index contributed by atoms with van der Waals surface area (Å²) >= 11 is 0. The van der Waals surface area contributed by atoms with Crippen molar-refractivity contribution in [1.29, 1.82) is 0 Å². The largest absolute Gasteiger partial charge is 0.505 e. The molecule has 0 bridgehead atoms. The van der Waals surface area contributed by atoms with E-state index in [4.69, 9.17) is 4.42 Å². The lowest BCUT2D eigenvalue weighted by molar-refractivity contribution is 0.0824. The van der Waals surface area contributed by atoms with E-state index in [1.165, 1.54) is 17.0 Å². The van der Waals surface area contributed by atoms with Crippen LogP contribution < -0.4 is 21.5 Å². The van der Waals surface area contributed by atoms with Crippen LogP contribution in [-0.2, 0) is 0 Å². The molecule has 8 nitrogen and oxygen atoms in total. The number of aromatic hydroxyl groups is 1. The summed E-state index contributed by atoms with van der Waals surface area (Å²) in [6.07, 6.45) is 1.54. The number of carbonyl (C=O) groups excluding carboxylic acids is 1. The molecule has 3 aromatic rings. The van der Waals surface area contributed by atoms with Crippen molar-refractivity contribution in [3.05, 3.63) is 67.9 Å². The van der Waals surface area contributed by atoms with Crippen molar-refractivity contribution >= 4 is 23.0 Å². The minimum absolute atomic E-state index is 0.0501. The normalized spacial score (nSPS) is 12.0. The molecule has 0 fully saturated rings. The first-order valence-electron chi connectivity index (χ1n) is 9.71. The highest BCUT2D eigenvalue weighted by Gasteiger charge is 2.26. The fraction of sp³-hybridized carbons (Fsp3) is 0.318. The van der Waals surface area contributed by atoms with E-state index in [1.54, 1.807) is 20.2 Å². The SMILES string of the molecule is CCC[C@@H](Nc1c(Nc2cccc(C(=O)N(C)C)c2O)c(=O)c1=O)c1ccc(C)o1. The van der Waals surface area contributed by atoms with Gasteiger partial charge in [0.1, 0.15) is 22.9 Å². The molecular weight excluding hydrogens is 386 g/mol. The Morgan fingerprint density at radius 1 is 1.13 bits per heavy atom.